The Bertz CT molecular complexity index is 1140. The number of primary amides is 1. The van der Waals surface area contributed by atoms with Gasteiger partial charge in [-0.25, -0.2) is 14.1 Å². The highest BCUT2D eigenvalue weighted by Crippen LogP contribution is 2.29. The molecule has 1 fully saturated rings. The van der Waals surface area contributed by atoms with Gasteiger partial charge in [-0.2, -0.15) is 5.10 Å². The van der Waals surface area contributed by atoms with Crippen LogP contribution in [0, 0.1) is 5.82 Å². The molecular formula is C22H22FN5OS. The summed E-state index contributed by atoms with van der Waals surface area (Å²) in [6, 6.07) is 14.2. The van der Waals surface area contributed by atoms with E-state index < -0.39 is 5.91 Å². The third-order valence-corrected chi connectivity index (χ3v) is 5.90. The normalized spacial score (nSPS) is 13.8. The Labute approximate surface area is 177 Å². The average molecular weight is 424 g/mol. The number of amides is 1. The van der Waals surface area contributed by atoms with E-state index in [0.29, 0.717) is 17.3 Å². The topological polar surface area (TPSA) is 85.8 Å². The Hall–Kier alpha value is -3.26. The number of aromatic nitrogens is 3. The highest BCUT2D eigenvalue weighted by molar-refractivity contribution is 7.22. The largest absolute Gasteiger partial charge is 0.366 e. The van der Waals surface area contributed by atoms with E-state index in [1.54, 1.807) is 53.5 Å². The SMILES string of the molecule is Fc1ccc2nc(NC3CCCC3)sc2c1.NC(=O)c1ccccc1-n1cccn1. The van der Waals surface area contributed by atoms with E-state index in [-0.39, 0.29) is 5.82 Å². The third-order valence-electron chi connectivity index (χ3n) is 4.95. The maximum absolute atomic E-state index is 13.0. The molecule has 3 N–H and O–H groups in total. The average Bonchev–Trinajstić information content (AvgIpc) is 3.50. The molecule has 2 aromatic carbocycles. The van der Waals surface area contributed by atoms with Gasteiger partial charge in [0.25, 0.3) is 5.91 Å². The number of fused-ring (bicyclic) bond motifs is 1. The van der Waals surface area contributed by atoms with Crippen molar-refractivity contribution in [2.45, 2.75) is 31.7 Å². The molecule has 4 aromatic rings. The van der Waals surface area contributed by atoms with Gasteiger partial charge in [-0.3, -0.25) is 4.79 Å². The van der Waals surface area contributed by atoms with Gasteiger partial charge in [-0.1, -0.05) is 36.3 Å². The summed E-state index contributed by atoms with van der Waals surface area (Å²) < 4.78 is 15.5. The first-order chi connectivity index (χ1) is 14.6. The number of halogens is 1. The second-order valence-corrected chi connectivity index (χ2v) is 8.12. The fraction of sp³-hybridized carbons (Fsp3) is 0.227. The minimum Gasteiger partial charge on any atom is -0.366 e. The number of carbonyl (C=O) groups excluding carboxylic acids is 1. The van der Waals surface area contributed by atoms with Gasteiger partial charge >= 0.3 is 0 Å². The predicted octanol–water partition coefficient (Wildman–Crippen LogP) is 4.76. The van der Waals surface area contributed by atoms with Crippen molar-refractivity contribution < 1.29 is 9.18 Å². The molecule has 8 heteroatoms. The summed E-state index contributed by atoms with van der Waals surface area (Å²) in [6.45, 7) is 0. The molecule has 1 aliphatic rings. The van der Waals surface area contributed by atoms with Crippen molar-refractivity contribution in [3.05, 3.63) is 72.3 Å². The molecule has 0 unspecified atom stereocenters. The van der Waals surface area contributed by atoms with Crippen molar-refractivity contribution >= 4 is 32.6 Å². The second kappa shape index (κ2) is 9.04. The van der Waals surface area contributed by atoms with E-state index in [4.69, 9.17) is 5.73 Å². The van der Waals surface area contributed by atoms with Crippen LogP contribution in [0.15, 0.2) is 60.9 Å². The monoisotopic (exact) mass is 423 g/mol. The second-order valence-electron chi connectivity index (χ2n) is 7.09. The number of nitrogens with one attached hydrogen (secondary N) is 1. The van der Waals surface area contributed by atoms with E-state index in [1.165, 1.54) is 43.1 Å². The van der Waals surface area contributed by atoms with E-state index in [0.717, 1.165) is 15.3 Å². The Morgan fingerprint density at radius 2 is 1.97 bits per heavy atom. The van der Waals surface area contributed by atoms with Crippen molar-refractivity contribution in [1.82, 2.24) is 14.8 Å². The van der Waals surface area contributed by atoms with Crippen LogP contribution in [0.4, 0.5) is 9.52 Å². The number of hydrogen-bond donors (Lipinski definition) is 2. The van der Waals surface area contributed by atoms with Crippen LogP contribution in [0.3, 0.4) is 0 Å². The number of anilines is 1. The summed E-state index contributed by atoms with van der Waals surface area (Å²) in [7, 11) is 0. The summed E-state index contributed by atoms with van der Waals surface area (Å²) in [6.07, 6.45) is 8.47. The van der Waals surface area contributed by atoms with Crippen LogP contribution in [-0.4, -0.2) is 26.7 Å². The summed E-state index contributed by atoms with van der Waals surface area (Å²) in [5, 5.41) is 8.40. The molecule has 6 nitrogen and oxygen atoms in total. The van der Waals surface area contributed by atoms with Gasteiger partial charge in [0.2, 0.25) is 0 Å². The van der Waals surface area contributed by atoms with Crippen LogP contribution < -0.4 is 11.1 Å². The first kappa shape index (κ1) is 20.0. The number of rotatable bonds is 4. The molecule has 5 rings (SSSR count). The molecule has 2 heterocycles. The molecule has 1 aliphatic carbocycles. The first-order valence-electron chi connectivity index (χ1n) is 9.81. The number of carbonyl (C=O) groups is 1. The van der Waals surface area contributed by atoms with Crippen molar-refractivity contribution in [3.63, 3.8) is 0 Å². The Morgan fingerprint density at radius 1 is 1.17 bits per heavy atom. The molecule has 0 saturated heterocycles. The fourth-order valence-electron chi connectivity index (χ4n) is 3.50. The zero-order valence-corrected chi connectivity index (χ0v) is 17.1. The maximum atomic E-state index is 13.0. The zero-order chi connectivity index (χ0) is 20.9. The smallest absolute Gasteiger partial charge is 0.250 e. The molecule has 0 aliphatic heterocycles. The Morgan fingerprint density at radius 3 is 2.70 bits per heavy atom. The number of thiazole rings is 1. The number of nitrogens with two attached hydrogens (primary N) is 1. The number of benzene rings is 2. The number of para-hydroxylation sites is 1. The minimum absolute atomic E-state index is 0.191. The molecule has 0 bridgehead atoms. The molecule has 0 radical (unpaired) electrons. The molecule has 1 amide bonds. The molecule has 0 spiro atoms. The van der Waals surface area contributed by atoms with Crippen LogP contribution in [0.1, 0.15) is 36.0 Å². The predicted molar refractivity (Wildman–Crippen MR) is 118 cm³/mol. The molecule has 0 atom stereocenters. The third kappa shape index (κ3) is 4.65. The lowest BCUT2D eigenvalue weighted by Crippen LogP contribution is -2.14. The summed E-state index contributed by atoms with van der Waals surface area (Å²) in [5.74, 6) is -0.639. The first-order valence-corrected chi connectivity index (χ1v) is 10.6. The Balaban J connectivity index is 0.000000147. The lowest BCUT2D eigenvalue weighted by Gasteiger charge is -2.09. The van der Waals surface area contributed by atoms with Crippen molar-refractivity contribution in [1.29, 1.82) is 0 Å². The van der Waals surface area contributed by atoms with Crippen LogP contribution in [-0.2, 0) is 0 Å². The highest BCUT2D eigenvalue weighted by atomic mass is 32.1. The number of nitrogens with zero attached hydrogens (tertiary/aromatic N) is 3. The summed E-state index contributed by atoms with van der Waals surface area (Å²) >= 11 is 1.54. The molecule has 2 aromatic heterocycles. The zero-order valence-electron chi connectivity index (χ0n) is 16.3. The van der Waals surface area contributed by atoms with Crippen LogP contribution in [0.2, 0.25) is 0 Å². The van der Waals surface area contributed by atoms with E-state index in [9.17, 15) is 9.18 Å². The molecule has 154 valence electrons. The molecular weight excluding hydrogens is 401 g/mol. The van der Waals surface area contributed by atoms with Gasteiger partial charge in [0.05, 0.1) is 21.5 Å². The highest BCUT2D eigenvalue weighted by Gasteiger charge is 2.16. The minimum atomic E-state index is -0.448. The van der Waals surface area contributed by atoms with Crippen molar-refractivity contribution in [2.75, 3.05) is 5.32 Å². The van der Waals surface area contributed by atoms with Gasteiger partial charge < -0.3 is 11.1 Å². The lowest BCUT2D eigenvalue weighted by atomic mass is 10.2. The van der Waals surface area contributed by atoms with Gasteiger partial charge in [-0.05, 0) is 49.2 Å². The summed E-state index contributed by atoms with van der Waals surface area (Å²) in [5.41, 5.74) is 7.29. The van der Waals surface area contributed by atoms with E-state index in [2.05, 4.69) is 15.4 Å². The van der Waals surface area contributed by atoms with Gasteiger partial charge in [-0.15, -0.1) is 0 Å². The fourth-order valence-corrected chi connectivity index (χ4v) is 4.47. The van der Waals surface area contributed by atoms with Crippen molar-refractivity contribution in [2.24, 2.45) is 5.73 Å². The van der Waals surface area contributed by atoms with Gasteiger partial charge in [0.1, 0.15) is 5.82 Å². The Kier molecular flexibility index (Phi) is 6.04. The maximum Gasteiger partial charge on any atom is 0.250 e. The van der Waals surface area contributed by atoms with Crippen LogP contribution in [0.25, 0.3) is 15.9 Å². The summed E-state index contributed by atoms with van der Waals surface area (Å²) in [4.78, 5) is 15.6. The van der Waals surface area contributed by atoms with Gasteiger partial charge in [0, 0.05) is 18.4 Å². The van der Waals surface area contributed by atoms with Crippen molar-refractivity contribution in [3.8, 4) is 5.69 Å². The quantitative estimate of drug-likeness (QED) is 0.495. The van der Waals surface area contributed by atoms with Crippen LogP contribution in [0.5, 0.6) is 0 Å². The molecule has 30 heavy (non-hydrogen) atoms. The number of hydrogen-bond acceptors (Lipinski definition) is 5. The standard InChI is InChI=1S/C12H13FN2S.C10H9N3O/c13-8-5-6-10-11(7-8)16-12(15-10)14-9-3-1-2-4-9;11-10(14)8-4-1-2-5-9(8)13-7-3-6-12-13/h5-7,9H,1-4H2,(H,14,15);1-7H,(H2,11,14). The van der Waals surface area contributed by atoms with E-state index in [1.807, 2.05) is 6.07 Å². The lowest BCUT2D eigenvalue weighted by molar-refractivity contribution is 0.1000. The van der Waals surface area contributed by atoms with E-state index >= 15 is 0 Å². The van der Waals surface area contributed by atoms with Crippen LogP contribution >= 0.6 is 11.3 Å². The molecule has 1 saturated carbocycles. The van der Waals surface area contributed by atoms with Gasteiger partial charge in [0.15, 0.2) is 5.13 Å².